The highest BCUT2D eigenvalue weighted by atomic mass is 16.5. The lowest BCUT2D eigenvalue weighted by Gasteiger charge is -2.53. The van der Waals surface area contributed by atoms with Gasteiger partial charge in [0.1, 0.15) is 17.9 Å². The summed E-state index contributed by atoms with van der Waals surface area (Å²) in [6, 6.07) is 8.25. The third-order valence-electron chi connectivity index (χ3n) is 10.3. The maximum Gasteiger partial charge on any atom is 0.307 e. The molecule has 6 rings (SSSR count). The molecule has 1 aromatic carbocycles. The number of rotatable bonds is 7. The van der Waals surface area contributed by atoms with Crippen LogP contribution in [0.5, 0.6) is 0 Å². The van der Waals surface area contributed by atoms with Crippen molar-refractivity contribution in [3.8, 4) is 0 Å². The van der Waals surface area contributed by atoms with Gasteiger partial charge in [-0.15, -0.1) is 0 Å². The first-order valence-corrected chi connectivity index (χ1v) is 14.9. The number of carbonyl (C=O) groups excluding carboxylic acids is 2. The zero-order chi connectivity index (χ0) is 27.4. The molecule has 0 aliphatic heterocycles. The molecule has 2 saturated carbocycles. The lowest BCUT2D eigenvalue weighted by Crippen LogP contribution is -2.45. The molecule has 1 heterocycles. The Labute approximate surface area is 232 Å². The average molecular weight is 532 g/mol. The van der Waals surface area contributed by atoms with Crippen LogP contribution < -0.4 is 0 Å². The normalized spacial score (nSPS) is 32.9. The summed E-state index contributed by atoms with van der Waals surface area (Å²) in [6.07, 6.45) is 13.5. The van der Waals surface area contributed by atoms with Crippen LogP contribution in [-0.4, -0.2) is 55.7 Å². The molecular weight excluding hydrogens is 488 g/mol. The van der Waals surface area contributed by atoms with E-state index in [4.69, 9.17) is 9.26 Å². The van der Waals surface area contributed by atoms with Crippen LogP contribution in [0.1, 0.15) is 64.1 Å². The Kier molecular flexibility index (Phi) is 6.81. The number of quaternary nitrogens is 1. The van der Waals surface area contributed by atoms with Gasteiger partial charge < -0.3 is 18.5 Å². The van der Waals surface area contributed by atoms with Gasteiger partial charge in [0.05, 0.1) is 40.0 Å². The Hall–Kier alpha value is -2.73. The molecule has 0 saturated heterocycles. The molecule has 0 N–H and O–H groups in total. The number of benzene rings is 1. The lowest BCUT2D eigenvalue weighted by atomic mass is 9.52. The van der Waals surface area contributed by atoms with Crippen molar-refractivity contribution in [3.63, 3.8) is 0 Å². The zero-order valence-corrected chi connectivity index (χ0v) is 23.9. The van der Waals surface area contributed by atoms with Crippen LogP contribution in [0.3, 0.4) is 0 Å². The fourth-order valence-electron chi connectivity index (χ4n) is 8.64. The van der Waals surface area contributed by atoms with Crippen molar-refractivity contribution in [2.75, 3.05) is 27.7 Å². The Morgan fingerprint density at radius 3 is 2.77 bits per heavy atom. The number of nitrogens with zero attached hydrogens (tertiary/aromatic N) is 2. The van der Waals surface area contributed by atoms with Crippen molar-refractivity contribution in [3.05, 3.63) is 47.8 Å². The second kappa shape index (κ2) is 10.0. The minimum Gasteiger partial charge on any atom is -0.462 e. The Morgan fingerprint density at radius 1 is 1.15 bits per heavy atom. The standard InChI is InChI=1S/C33H43N2O4/c1-33-16-15-25-24-12-10-23(38-31(37)17-21(20-36)19-35(2,3)4)18-22(24)9-11-26(25)28(33)13-14-29(33)32-27-7-5-6-8-30(27)34-39-32/h5-9,14,20-21,23-26,28H,10-13,15-19H2,1-4H3/q+1. The topological polar surface area (TPSA) is 69.4 Å². The molecule has 0 spiro atoms. The van der Waals surface area contributed by atoms with E-state index in [9.17, 15) is 9.59 Å². The van der Waals surface area contributed by atoms with E-state index in [1.807, 2.05) is 33.3 Å². The summed E-state index contributed by atoms with van der Waals surface area (Å²) in [7, 11) is 6.12. The van der Waals surface area contributed by atoms with Crippen molar-refractivity contribution in [1.29, 1.82) is 0 Å². The fourth-order valence-corrected chi connectivity index (χ4v) is 8.64. The number of aromatic nitrogens is 1. The SMILES string of the molecule is CC12CCC3C4CCC(OC(=O)CC(C=O)C[N+](C)(C)C)CC4=CCC3C1CC=C2c1onc2ccccc12. The van der Waals surface area contributed by atoms with Crippen LogP contribution in [0.4, 0.5) is 0 Å². The van der Waals surface area contributed by atoms with Crippen LogP contribution in [0.2, 0.25) is 0 Å². The van der Waals surface area contributed by atoms with Gasteiger partial charge in [0.2, 0.25) is 0 Å². The van der Waals surface area contributed by atoms with E-state index in [1.54, 1.807) is 0 Å². The first kappa shape index (κ1) is 26.5. The number of allylic oxidation sites excluding steroid dienone is 3. The van der Waals surface area contributed by atoms with E-state index < -0.39 is 0 Å². The molecule has 6 nitrogen and oxygen atoms in total. The van der Waals surface area contributed by atoms with Gasteiger partial charge in [0.25, 0.3) is 0 Å². The molecule has 39 heavy (non-hydrogen) atoms. The summed E-state index contributed by atoms with van der Waals surface area (Å²) in [6.45, 7) is 3.10. The smallest absolute Gasteiger partial charge is 0.307 e. The highest BCUT2D eigenvalue weighted by Crippen LogP contribution is 2.63. The largest absolute Gasteiger partial charge is 0.462 e. The second-order valence-corrected chi connectivity index (χ2v) is 13.9. The summed E-state index contributed by atoms with van der Waals surface area (Å²) in [4.78, 5) is 24.2. The van der Waals surface area contributed by atoms with Crippen LogP contribution in [0.25, 0.3) is 16.5 Å². The molecule has 6 heteroatoms. The summed E-state index contributed by atoms with van der Waals surface area (Å²) in [5.74, 6) is 3.09. The van der Waals surface area contributed by atoms with E-state index in [1.165, 1.54) is 24.0 Å². The van der Waals surface area contributed by atoms with Gasteiger partial charge in [0.15, 0.2) is 5.76 Å². The number of aldehydes is 1. The van der Waals surface area contributed by atoms with Crippen LogP contribution in [0, 0.1) is 35.0 Å². The Morgan fingerprint density at radius 2 is 1.97 bits per heavy atom. The molecule has 0 radical (unpaired) electrons. The minimum atomic E-state index is -0.292. The van der Waals surface area contributed by atoms with Crippen LogP contribution >= 0.6 is 0 Å². The minimum absolute atomic E-state index is 0.0543. The lowest BCUT2D eigenvalue weighted by molar-refractivity contribution is -0.872. The molecule has 4 aliphatic carbocycles. The van der Waals surface area contributed by atoms with Gasteiger partial charge in [-0.05, 0) is 79.7 Å². The first-order valence-electron chi connectivity index (χ1n) is 14.9. The van der Waals surface area contributed by atoms with Crippen molar-refractivity contribution in [2.24, 2.45) is 35.0 Å². The van der Waals surface area contributed by atoms with E-state index in [2.05, 4.69) is 36.4 Å². The fraction of sp³-hybridized carbons (Fsp3) is 0.606. The molecule has 2 fully saturated rings. The molecule has 2 aromatic rings. The number of fused-ring (bicyclic) bond motifs is 6. The van der Waals surface area contributed by atoms with Crippen molar-refractivity contribution in [2.45, 2.75) is 64.4 Å². The van der Waals surface area contributed by atoms with Crippen LogP contribution in [-0.2, 0) is 14.3 Å². The molecule has 7 unspecified atom stereocenters. The Balaban J connectivity index is 1.12. The molecule has 208 valence electrons. The van der Waals surface area contributed by atoms with Gasteiger partial charge in [0, 0.05) is 17.4 Å². The van der Waals surface area contributed by atoms with Crippen LogP contribution in [0.15, 0.2) is 46.5 Å². The maximum atomic E-state index is 12.7. The highest BCUT2D eigenvalue weighted by Gasteiger charge is 2.54. The number of hydrogen-bond donors (Lipinski definition) is 0. The van der Waals surface area contributed by atoms with E-state index in [0.717, 1.165) is 55.1 Å². The Bertz CT molecular complexity index is 1320. The van der Waals surface area contributed by atoms with Gasteiger partial charge in [-0.1, -0.05) is 41.9 Å². The van der Waals surface area contributed by atoms with Crippen molar-refractivity contribution in [1.82, 2.24) is 5.16 Å². The monoisotopic (exact) mass is 531 g/mol. The predicted octanol–water partition coefficient (Wildman–Crippen LogP) is 6.22. The van der Waals surface area contributed by atoms with Gasteiger partial charge >= 0.3 is 5.97 Å². The van der Waals surface area contributed by atoms with Crippen molar-refractivity contribution >= 4 is 28.7 Å². The second-order valence-electron chi connectivity index (χ2n) is 13.9. The summed E-state index contributed by atoms with van der Waals surface area (Å²) < 4.78 is 12.5. The average Bonchev–Trinajstić information content (AvgIpc) is 3.47. The summed E-state index contributed by atoms with van der Waals surface area (Å²) in [5.41, 5.74) is 3.94. The van der Waals surface area contributed by atoms with Gasteiger partial charge in [-0.25, -0.2) is 0 Å². The quantitative estimate of drug-likeness (QED) is 0.184. The highest BCUT2D eigenvalue weighted by molar-refractivity contribution is 5.91. The molecule has 0 amide bonds. The summed E-state index contributed by atoms with van der Waals surface area (Å²) >= 11 is 0. The molecule has 0 bridgehead atoms. The van der Waals surface area contributed by atoms with Gasteiger partial charge in [-0.3, -0.25) is 4.79 Å². The number of esters is 1. The number of hydrogen-bond acceptors (Lipinski definition) is 5. The van der Waals surface area contributed by atoms with E-state index in [0.29, 0.717) is 34.7 Å². The third-order valence-corrected chi connectivity index (χ3v) is 10.3. The van der Waals surface area contributed by atoms with Crippen molar-refractivity contribution < 1.29 is 23.3 Å². The molecule has 4 aliphatic rings. The molecular formula is C33H43N2O4+. The van der Waals surface area contributed by atoms with E-state index >= 15 is 0 Å². The third kappa shape index (κ3) is 4.90. The van der Waals surface area contributed by atoms with E-state index in [-0.39, 0.29) is 29.8 Å². The number of ether oxygens (including phenoxy) is 1. The summed E-state index contributed by atoms with van der Waals surface area (Å²) in [5, 5.41) is 5.48. The number of carbonyl (C=O) groups is 2. The van der Waals surface area contributed by atoms with Gasteiger partial charge in [-0.2, -0.15) is 0 Å². The zero-order valence-electron chi connectivity index (χ0n) is 23.9. The maximum absolute atomic E-state index is 12.7. The molecule has 7 atom stereocenters. The molecule has 1 aromatic heterocycles. The predicted molar refractivity (Wildman–Crippen MR) is 151 cm³/mol. The first-order chi connectivity index (χ1) is 18.7.